The molecule has 0 aliphatic heterocycles. The van der Waals surface area contributed by atoms with Crippen LogP contribution in [0.1, 0.15) is 27.2 Å². The van der Waals surface area contributed by atoms with Gasteiger partial charge in [0.25, 0.3) is 0 Å². The second-order valence-electron chi connectivity index (χ2n) is 3.29. The molecule has 0 heterocycles. The van der Waals surface area contributed by atoms with Gasteiger partial charge >= 0.3 is 0 Å². The van der Waals surface area contributed by atoms with Crippen molar-refractivity contribution < 1.29 is 9.59 Å². The lowest BCUT2D eigenvalue weighted by Crippen LogP contribution is -2.30. The van der Waals surface area contributed by atoms with Crippen molar-refractivity contribution in [2.45, 2.75) is 27.2 Å². The molecule has 0 rings (SSSR count). The van der Waals surface area contributed by atoms with Crippen molar-refractivity contribution in [1.82, 2.24) is 4.90 Å². The third-order valence-corrected chi connectivity index (χ3v) is 2.13. The molecule has 3 nitrogen and oxygen atoms in total. The Kier molecular flexibility index (Phi) is 6.41. The van der Waals surface area contributed by atoms with Crippen molar-refractivity contribution >= 4 is 12.1 Å². The van der Waals surface area contributed by atoms with E-state index in [0.717, 1.165) is 19.4 Å². The first kappa shape index (κ1) is 12.3. The van der Waals surface area contributed by atoms with Gasteiger partial charge in [0.1, 0.15) is 12.1 Å². The van der Waals surface area contributed by atoms with E-state index in [4.69, 9.17) is 0 Å². The minimum atomic E-state index is -0.127. The highest BCUT2D eigenvalue weighted by Crippen LogP contribution is 2.03. The number of carbonyl (C=O) groups excluding carboxylic acids is 2. The molecule has 0 aromatic rings. The van der Waals surface area contributed by atoms with Gasteiger partial charge in [-0.2, -0.15) is 0 Å². The Bertz CT molecular complexity index is 164. The van der Waals surface area contributed by atoms with E-state index >= 15 is 0 Å². The number of rotatable bonds is 7. The normalized spacial score (nSPS) is 12.9. The molecule has 0 aromatic carbocycles. The van der Waals surface area contributed by atoms with E-state index in [1.165, 1.54) is 6.92 Å². The number of hydrogen-bond acceptors (Lipinski definition) is 3. The van der Waals surface area contributed by atoms with Gasteiger partial charge in [-0.15, -0.1) is 0 Å². The number of Topliss-reactive ketones (excluding diaryl/α,β-unsaturated/α-hetero) is 1. The van der Waals surface area contributed by atoms with Crippen LogP contribution >= 0.6 is 0 Å². The fourth-order valence-corrected chi connectivity index (χ4v) is 1.34. The lowest BCUT2D eigenvalue weighted by molar-refractivity contribution is -0.121. The van der Waals surface area contributed by atoms with Gasteiger partial charge in [-0.25, -0.2) is 0 Å². The summed E-state index contributed by atoms with van der Waals surface area (Å²) in [6.45, 7) is 8.20. The summed E-state index contributed by atoms with van der Waals surface area (Å²) < 4.78 is 0. The van der Waals surface area contributed by atoms with Crippen LogP contribution in [-0.4, -0.2) is 36.6 Å². The maximum atomic E-state index is 10.8. The third-order valence-electron chi connectivity index (χ3n) is 2.13. The van der Waals surface area contributed by atoms with Crippen molar-refractivity contribution in [1.29, 1.82) is 0 Å². The Hall–Kier alpha value is -0.700. The Morgan fingerprint density at radius 3 is 2.23 bits per heavy atom. The summed E-state index contributed by atoms with van der Waals surface area (Å²) in [6.07, 6.45) is 1.26. The van der Waals surface area contributed by atoms with E-state index in [1.54, 1.807) is 0 Å². The number of hydrogen-bond donors (Lipinski definition) is 0. The molecule has 13 heavy (non-hydrogen) atoms. The predicted octanol–water partition coefficient (Wildman–Crippen LogP) is 1.12. The summed E-state index contributed by atoms with van der Waals surface area (Å²) in [5.41, 5.74) is 0. The van der Waals surface area contributed by atoms with Crippen LogP contribution in [-0.2, 0) is 9.59 Å². The van der Waals surface area contributed by atoms with Crippen LogP contribution in [0.25, 0.3) is 0 Å². The summed E-state index contributed by atoms with van der Waals surface area (Å²) in [7, 11) is 0. The third kappa shape index (κ3) is 5.53. The van der Waals surface area contributed by atoms with Crippen LogP contribution in [0, 0.1) is 5.92 Å². The van der Waals surface area contributed by atoms with Crippen molar-refractivity contribution in [2.24, 2.45) is 5.92 Å². The van der Waals surface area contributed by atoms with E-state index in [0.29, 0.717) is 13.0 Å². The predicted molar refractivity (Wildman–Crippen MR) is 52.6 cm³/mol. The second-order valence-corrected chi connectivity index (χ2v) is 3.29. The van der Waals surface area contributed by atoms with Crippen molar-refractivity contribution in [3.05, 3.63) is 0 Å². The maximum Gasteiger partial charge on any atom is 0.130 e. The smallest absolute Gasteiger partial charge is 0.130 e. The summed E-state index contributed by atoms with van der Waals surface area (Å²) in [5, 5.41) is 0. The number of ketones is 1. The van der Waals surface area contributed by atoms with Crippen LogP contribution in [0.4, 0.5) is 0 Å². The molecule has 0 bridgehead atoms. The van der Waals surface area contributed by atoms with E-state index in [1.807, 2.05) is 0 Å². The molecule has 0 N–H and O–H groups in total. The van der Waals surface area contributed by atoms with E-state index in [-0.39, 0.29) is 11.7 Å². The Balaban J connectivity index is 3.94. The molecule has 0 radical (unpaired) electrons. The summed E-state index contributed by atoms with van der Waals surface area (Å²) in [5.74, 6) is -0.0401. The van der Waals surface area contributed by atoms with Gasteiger partial charge in [0.2, 0.25) is 0 Å². The molecule has 0 saturated carbocycles. The molecule has 0 aliphatic rings. The lowest BCUT2D eigenvalue weighted by atomic mass is 10.0. The van der Waals surface area contributed by atoms with Gasteiger partial charge in [0.15, 0.2) is 0 Å². The minimum Gasteiger partial charge on any atom is -0.303 e. The highest BCUT2D eigenvalue weighted by molar-refractivity contribution is 5.78. The summed E-state index contributed by atoms with van der Waals surface area (Å²) >= 11 is 0. The molecule has 3 heteroatoms. The van der Waals surface area contributed by atoms with E-state index in [2.05, 4.69) is 18.7 Å². The van der Waals surface area contributed by atoms with Gasteiger partial charge in [0, 0.05) is 18.9 Å². The second kappa shape index (κ2) is 6.78. The van der Waals surface area contributed by atoms with Crippen LogP contribution in [0.2, 0.25) is 0 Å². The SMILES string of the molecule is CCN(CC)CC(C=O)CC(C)=O. The fourth-order valence-electron chi connectivity index (χ4n) is 1.34. The molecule has 1 atom stereocenters. The van der Waals surface area contributed by atoms with Gasteiger partial charge in [0.05, 0.1) is 0 Å². The highest BCUT2D eigenvalue weighted by atomic mass is 16.1. The summed E-state index contributed by atoms with van der Waals surface area (Å²) in [4.78, 5) is 23.6. The summed E-state index contributed by atoms with van der Waals surface area (Å²) in [6, 6.07) is 0. The largest absolute Gasteiger partial charge is 0.303 e. The monoisotopic (exact) mass is 185 g/mol. The number of aldehydes is 1. The molecule has 76 valence electrons. The first-order valence-electron chi connectivity index (χ1n) is 4.81. The van der Waals surface area contributed by atoms with E-state index < -0.39 is 0 Å². The van der Waals surface area contributed by atoms with Crippen LogP contribution in [0.5, 0.6) is 0 Å². The molecule has 0 amide bonds. The zero-order valence-corrected chi connectivity index (χ0v) is 8.75. The Morgan fingerprint density at radius 1 is 1.38 bits per heavy atom. The standard InChI is InChI=1S/C10H19NO2/c1-4-11(5-2)7-10(8-12)6-9(3)13/h8,10H,4-7H2,1-3H3. The Labute approximate surface area is 80.1 Å². The first-order chi connectivity index (χ1) is 6.13. The van der Waals surface area contributed by atoms with Crippen molar-refractivity contribution in [3.63, 3.8) is 0 Å². The van der Waals surface area contributed by atoms with Crippen LogP contribution in [0.3, 0.4) is 0 Å². The minimum absolute atomic E-state index is 0.0873. The molecule has 1 unspecified atom stereocenters. The molecule has 0 spiro atoms. The number of nitrogens with zero attached hydrogens (tertiary/aromatic N) is 1. The first-order valence-corrected chi connectivity index (χ1v) is 4.81. The zero-order chi connectivity index (χ0) is 10.3. The van der Waals surface area contributed by atoms with Crippen molar-refractivity contribution in [2.75, 3.05) is 19.6 Å². The zero-order valence-electron chi connectivity index (χ0n) is 8.75. The maximum absolute atomic E-state index is 10.8. The van der Waals surface area contributed by atoms with Gasteiger partial charge in [-0.3, -0.25) is 0 Å². The van der Waals surface area contributed by atoms with Crippen LogP contribution in [0.15, 0.2) is 0 Å². The molecular weight excluding hydrogens is 166 g/mol. The van der Waals surface area contributed by atoms with Crippen LogP contribution < -0.4 is 0 Å². The van der Waals surface area contributed by atoms with E-state index in [9.17, 15) is 9.59 Å². The highest BCUT2D eigenvalue weighted by Gasteiger charge is 2.12. The molecule has 0 fully saturated rings. The topological polar surface area (TPSA) is 37.4 Å². The molecular formula is C10H19NO2. The fraction of sp³-hybridized carbons (Fsp3) is 0.800. The van der Waals surface area contributed by atoms with Gasteiger partial charge in [-0.1, -0.05) is 13.8 Å². The number of carbonyl (C=O) groups is 2. The molecule has 0 aromatic heterocycles. The quantitative estimate of drug-likeness (QED) is 0.558. The Morgan fingerprint density at radius 2 is 1.92 bits per heavy atom. The molecule has 0 saturated heterocycles. The lowest BCUT2D eigenvalue weighted by Gasteiger charge is -2.20. The van der Waals surface area contributed by atoms with Gasteiger partial charge < -0.3 is 14.5 Å². The van der Waals surface area contributed by atoms with Crippen molar-refractivity contribution in [3.8, 4) is 0 Å². The van der Waals surface area contributed by atoms with Gasteiger partial charge in [-0.05, 0) is 20.0 Å². The molecule has 0 aliphatic carbocycles. The average molecular weight is 185 g/mol. The average Bonchev–Trinajstić information content (AvgIpc) is 2.11.